The lowest BCUT2D eigenvalue weighted by Gasteiger charge is -2.08. The summed E-state index contributed by atoms with van der Waals surface area (Å²) in [4.78, 5) is 24.2. The molecule has 5 heteroatoms. The van der Waals surface area contributed by atoms with Crippen LogP contribution in [0.15, 0.2) is 78.9 Å². The third kappa shape index (κ3) is 4.33. The van der Waals surface area contributed by atoms with Crippen molar-refractivity contribution in [1.82, 2.24) is 5.32 Å². The Morgan fingerprint density at radius 2 is 1.35 bits per heavy atom. The molecule has 130 valence electrons. The minimum atomic E-state index is -0.485. The highest BCUT2D eigenvalue weighted by Crippen LogP contribution is 2.14. The van der Waals surface area contributed by atoms with E-state index >= 15 is 0 Å². The van der Waals surface area contributed by atoms with Crippen LogP contribution in [0.3, 0.4) is 0 Å². The maximum absolute atomic E-state index is 13.6. The molecule has 4 nitrogen and oxygen atoms in total. The third-order valence-electron chi connectivity index (χ3n) is 3.83. The van der Waals surface area contributed by atoms with Gasteiger partial charge in [-0.25, -0.2) is 4.39 Å². The number of hydrogen-bond donors (Lipinski definition) is 2. The third-order valence-corrected chi connectivity index (χ3v) is 3.83. The molecule has 0 aliphatic carbocycles. The molecule has 0 aliphatic rings. The van der Waals surface area contributed by atoms with Gasteiger partial charge < -0.3 is 10.6 Å². The number of amides is 2. The zero-order chi connectivity index (χ0) is 18.4. The molecule has 2 N–H and O–H groups in total. The molecule has 0 aliphatic heterocycles. The predicted octanol–water partition coefficient (Wildman–Crippen LogP) is 4.01. The van der Waals surface area contributed by atoms with E-state index in [0.717, 1.165) is 5.56 Å². The zero-order valence-corrected chi connectivity index (χ0v) is 13.9. The molecule has 0 fully saturated rings. The minimum absolute atomic E-state index is 0.136. The SMILES string of the molecule is O=C(NCc1ccc(C(=O)Nc2ccccc2F)cc1)c1ccccc1. The van der Waals surface area contributed by atoms with E-state index in [1.807, 2.05) is 6.07 Å². The van der Waals surface area contributed by atoms with Crippen LogP contribution in [-0.4, -0.2) is 11.8 Å². The van der Waals surface area contributed by atoms with Crippen LogP contribution in [0, 0.1) is 5.82 Å². The smallest absolute Gasteiger partial charge is 0.255 e. The van der Waals surface area contributed by atoms with Gasteiger partial charge >= 0.3 is 0 Å². The Balaban J connectivity index is 1.59. The van der Waals surface area contributed by atoms with Crippen molar-refractivity contribution in [1.29, 1.82) is 0 Å². The highest BCUT2D eigenvalue weighted by molar-refractivity contribution is 6.04. The number of nitrogens with one attached hydrogen (secondary N) is 2. The van der Waals surface area contributed by atoms with Crippen LogP contribution in [0.1, 0.15) is 26.3 Å². The molecule has 3 aromatic carbocycles. The number of carbonyl (C=O) groups is 2. The standard InChI is InChI=1S/C21H17FN2O2/c22-18-8-4-5-9-19(18)24-21(26)17-12-10-15(11-13-17)14-23-20(25)16-6-2-1-3-7-16/h1-13H,14H2,(H,23,25)(H,24,26). The fourth-order valence-corrected chi connectivity index (χ4v) is 2.40. The lowest BCUT2D eigenvalue weighted by Crippen LogP contribution is -2.22. The number of benzene rings is 3. The van der Waals surface area contributed by atoms with Crippen LogP contribution in [0.2, 0.25) is 0 Å². The Morgan fingerprint density at radius 1 is 0.731 bits per heavy atom. The number of rotatable bonds is 5. The first kappa shape index (κ1) is 17.4. The molecule has 0 unspecified atom stereocenters. The quantitative estimate of drug-likeness (QED) is 0.732. The number of halogens is 1. The van der Waals surface area contributed by atoms with Gasteiger partial charge in [-0.3, -0.25) is 9.59 Å². The first-order valence-corrected chi connectivity index (χ1v) is 8.11. The fraction of sp³-hybridized carbons (Fsp3) is 0.0476. The van der Waals surface area contributed by atoms with Crippen LogP contribution in [-0.2, 0) is 6.54 Å². The summed E-state index contributed by atoms with van der Waals surface area (Å²) in [7, 11) is 0. The molecular formula is C21H17FN2O2. The Morgan fingerprint density at radius 3 is 2.04 bits per heavy atom. The predicted molar refractivity (Wildman–Crippen MR) is 98.4 cm³/mol. The largest absolute Gasteiger partial charge is 0.348 e. The van der Waals surface area contributed by atoms with E-state index in [0.29, 0.717) is 17.7 Å². The van der Waals surface area contributed by atoms with Gasteiger partial charge in [0.2, 0.25) is 0 Å². The minimum Gasteiger partial charge on any atom is -0.348 e. The molecule has 0 radical (unpaired) electrons. The van der Waals surface area contributed by atoms with Gasteiger partial charge in [-0.15, -0.1) is 0 Å². The van der Waals surface area contributed by atoms with Gasteiger partial charge in [0.15, 0.2) is 0 Å². The summed E-state index contributed by atoms with van der Waals surface area (Å²) in [5.74, 6) is -1.04. The average Bonchev–Trinajstić information content (AvgIpc) is 2.69. The summed E-state index contributed by atoms with van der Waals surface area (Å²) in [5, 5.41) is 5.36. The Hall–Kier alpha value is -3.47. The average molecular weight is 348 g/mol. The van der Waals surface area contributed by atoms with Crippen molar-refractivity contribution < 1.29 is 14.0 Å². The second-order valence-corrected chi connectivity index (χ2v) is 5.68. The molecule has 0 atom stereocenters. The molecule has 0 heterocycles. The van der Waals surface area contributed by atoms with Crippen molar-refractivity contribution in [2.45, 2.75) is 6.54 Å². The molecule has 26 heavy (non-hydrogen) atoms. The van der Waals surface area contributed by atoms with E-state index in [4.69, 9.17) is 0 Å². The summed E-state index contributed by atoms with van der Waals surface area (Å²) in [6, 6.07) is 21.7. The number of para-hydroxylation sites is 1. The highest BCUT2D eigenvalue weighted by atomic mass is 19.1. The molecule has 0 spiro atoms. The van der Waals surface area contributed by atoms with Gasteiger partial charge in [0.25, 0.3) is 11.8 Å². The lowest BCUT2D eigenvalue weighted by molar-refractivity contribution is 0.0950. The summed E-state index contributed by atoms with van der Waals surface area (Å²) in [5.41, 5.74) is 1.99. The van der Waals surface area contributed by atoms with Gasteiger partial charge in [-0.1, -0.05) is 42.5 Å². The maximum atomic E-state index is 13.6. The van der Waals surface area contributed by atoms with Gasteiger partial charge in [0, 0.05) is 17.7 Å². The summed E-state index contributed by atoms with van der Waals surface area (Å²) in [6.07, 6.45) is 0. The second kappa shape index (κ2) is 8.07. The molecule has 0 aromatic heterocycles. The van der Waals surface area contributed by atoms with Gasteiger partial charge in [-0.05, 0) is 42.0 Å². The highest BCUT2D eigenvalue weighted by Gasteiger charge is 2.09. The normalized spacial score (nSPS) is 10.2. The number of anilines is 1. The first-order chi connectivity index (χ1) is 12.6. The first-order valence-electron chi connectivity index (χ1n) is 8.11. The molecule has 0 saturated heterocycles. The fourth-order valence-electron chi connectivity index (χ4n) is 2.40. The summed E-state index contributed by atoms with van der Waals surface area (Å²) < 4.78 is 13.6. The Bertz CT molecular complexity index is 909. The zero-order valence-electron chi connectivity index (χ0n) is 13.9. The topological polar surface area (TPSA) is 58.2 Å². The van der Waals surface area contributed by atoms with Crippen molar-refractivity contribution in [3.8, 4) is 0 Å². The number of hydrogen-bond acceptors (Lipinski definition) is 2. The second-order valence-electron chi connectivity index (χ2n) is 5.68. The molecule has 2 amide bonds. The molecule has 0 saturated carbocycles. The van der Waals surface area contributed by atoms with Crippen LogP contribution in [0.4, 0.5) is 10.1 Å². The van der Waals surface area contributed by atoms with E-state index in [-0.39, 0.29) is 11.6 Å². The van der Waals surface area contributed by atoms with E-state index in [2.05, 4.69) is 10.6 Å². The molecule has 3 aromatic rings. The Kier molecular flexibility index (Phi) is 5.39. The van der Waals surface area contributed by atoms with E-state index in [1.54, 1.807) is 60.7 Å². The monoisotopic (exact) mass is 348 g/mol. The van der Waals surface area contributed by atoms with Gasteiger partial charge in [0.1, 0.15) is 5.82 Å². The van der Waals surface area contributed by atoms with Crippen molar-refractivity contribution >= 4 is 17.5 Å². The lowest BCUT2D eigenvalue weighted by atomic mass is 10.1. The van der Waals surface area contributed by atoms with Gasteiger partial charge in [0.05, 0.1) is 5.69 Å². The number of carbonyl (C=O) groups excluding carboxylic acids is 2. The molecule has 0 bridgehead atoms. The van der Waals surface area contributed by atoms with Crippen molar-refractivity contribution in [3.05, 3.63) is 101 Å². The van der Waals surface area contributed by atoms with E-state index < -0.39 is 11.7 Å². The summed E-state index contributed by atoms with van der Waals surface area (Å²) in [6.45, 7) is 0.350. The van der Waals surface area contributed by atoms with Crippen LogP contribution in [0.25, 0.3) is 0 Å². The van der Waals surface area contributed by atoms with Crippen LogP contribution >= 0.6 is 0 Å². The Labute approximate surface area is 150 Å². The van der Waals surface area contributed by atoms with Crippen molar-refractivity contribution in [2.75, 3.05) is 5.32 Å². The maximum Gasteiger partial charge on any atom is 0.255 e. The van der Waals surface area contributed by atoms with Gasteiger partial charge in [-0.2, -0.15) is 0 Å². The van der Waals surface area contributed by atoms with E-state index in [9.17, 15) is 14.0 Å². The van der Waals surface area contributed by atoms with Crippen LogP contribution in [0.5, 0.6) is 0 Å². The van der Waals surface area contributed by atoms with E-state index in [1.165, 1.54) is 12.1 Å². The van der Waals surface area contributed by atoms with Crippen molar-refractivity contribution in [3.63, 3.8) is 0 Å². The summed E-state index contributed by atoms with van der Waals surface area (Å²) >= 11 is 0. The van der Waals surface area contributed by atoms with Crippen molar-refractivity contribution in [2.24, 2.45) is 0 Å². The molecule has 3 rings (SSSR count). The molecular weight excluding hydrogens is 331 g/mol. The van der Waals surface area contributed by atoms with Crippen LogP contribution < -0.4 is 10.6 Å².